The lowest BCUT2D eigenvalue weighted by Gasteiger charge is -2.39. The van der Waals surface area contributed by atoms with Crippen LogP contribution in [0, 0.1) is 11.6 Å². The van der Waals surface area contributed by atoms with Crippen molar-refractivity contribution in [2.75, 3.05) is 19.4 Å². The molecule has 1 heterocycles. The molecule has 1 N–H and O–H groups in total. The first-order valence-electron chi connectivity index (χ1n) is 8.34. The normalized spacial score (nSPS) is 17.4. The molecule has 0 radical (unpaired) electrons. The van der Waals surface area contributed by atoms with Crippen molar-refractivity contribution in [1.29, 1.82) is 0 Å². The van der Waals surface area contributed by atoms with Crippen LogP contribution in [0.3, 0.4) is 0 Å². The van der Waals surface area contributed by atoms with Gasteiger partial charge in [-0.1, -0.05) is 30.3 Å². The lowest BCUT2D eigenvalue weighted by Crippen LogP contribution is -2.48. The number of likely N-dealkylation sites (N-methyl/N-ethyl adjacent to an activating group) is 1. The summed E-state index contributed by atoms with van der Waals surface area (Å²) in [4.78, 5) is 28.1. The molecular weight excluding hydrogens is 352 g/mol. The van der Waals surface area contributed by atoms with Crippen LogP contribution in [0.15, 0.2) is 59.8 Å². The fraction of sp³-hybridized carbons (Fsp3) is 0.200. The topological polar surface area (TPSA) is 52.7 Å². The third kappa shape index (κ3) is 3.28. The SMILES string of the molecule is CC1=C(C(=O)Nc2ccccc2F)[C@H](c2ccccc2F)N(C)C(=O)N1C. The van der Waals surface area contributed by atoms with Crippen molar-refractivity contribution in [1.82, 2.24) is 9.80 Å². The van der Waals surface area contributed by atoms with Gasteiger partial charge in [-0.2, -0.15) is 0 Å². The number of urea groups is 1. The minimum Gasteiger partial charge on any atom is -0.320 e. The Morgan fingerprint density at radius 1 is 1.00 bits per heavy atom. The third-order valence-corrected chi connectivity index (χ3v) is 4.71. The summed E-state index contributed by atoms with van der Waals surface area (Å²) < 4.78 is 28.4. The number of anilines is 1. The van der Waals surface area contributed by atoms with Gasteiger partial charge in [0.15, 0.2) is 0 Å². The van der Waals surface area contributed by atoms with E-state index in [4.69, 9.17) is 0 Å². The van der Waals surface area contributed by atoms with Crippen LogP contribution in [0.4, 0.5) is 19.3 Å². The molecule has 0 bridgehead atoms. The van der Waals surface area contributed by atoms with Gasteiger partial charge in [-0.15, -0.1) is 0 Å². The van der Waals surface area contributed by atoms with Crippen molar-refractivity contribution >= 4 is 17.6 Å². The zero-order valence-electron chi connectivity index (χ0n) is 15.2. The molecule has 0 saturated heterocycles. The third-order valence-electron chi connectivity index (χ3n) is 4.71. The van der Waals surface area contributed by atoms with Crippen LogP contribution in [-0.4, -0.2) is 35.8 Å². The van der Waals surface area contributed by atoms with E-state index >= 15 is 0 Å². The van der Waals surface area contributed by atoms with Gasteiger partial charge in [-0.25, -0.2) is 13.6 Å². The lowest BCUT2D eigenvalue weighted by molar-refractivity contribution is -0.113. The van der Waals surface area contributed by atoms with Crippen molar-refractivity contribution in [2.45, 2.75) is 13.0 Å². The Labute approximate surface area is 155 Å². The number of allylic oxidation sites excluding steroid dienone is 1. The molecular formula is C20H19F2N3O2. The maximum absolute atomic E-state index is 14.5. The first-order valence-corrected chi connectivity index (χ1v) is 8.34. The molecule has 5 nitrogen and oxygen atoms in total. The summed E-state index contributed by atoms with van der Waals surface area (Å²) in [5.41, 5.74) is 0.755. The molecule has 3 rings (SSSR count). The molecule has 3 amide bonds. The summed E-state index contributed by atoms with van der Waals surface area (Å²) in [5, 5.41) is 2.53. The van der Waals surface area contributed by atoms with Gasteiger partial charge >= 0.3 is 6.03 Å². The van der Waals surface area contributed by atoms with Gasteiger partial charge in [0.05, 0.1) is 17.3 Å². The molecule has 0 aromatic heterocycles. The number of hydrogen-bond acceptors (Lipinski definition) is 2. The second-order valence-corrected chi connectivity index (χ2v) is 6.31. The van der Waals surface area contributed by atoms with E-state index in [0.29, 0.717) is 5.70 Å². The Bertz CT molecular complexity index is 942. The molecule has 0 saturated carbocycles. The number of amides is 3. The van der Waals surface area contributed by atoms with Gasteiger partial charge in [0.25, 0.3) is 5.91 Å². The van der Waals surface area contributed by atoms with E-state index in [1.165, 1.54) is 60.3 Å². The average molecular weight is 371 g/mol. The van der Waals surface area contributed by atoms with Crippen molar-refractivity contribution in [2.24, 2.45) is 0 Å². The predicted molar refractivity (Wildman–Crippen MR) is 97.8 cm³/mol. The summed E-state index contributed by atoms with van der Waals surface area (Å²) >= 11 is 0. The number of benzene rings is 2. The lowest BCUT2D eigenvalue weighted by atomic mass is 9.92. The minimum atomic E-state index is -0.929. The highest BCUT2D eigenvalue weighted by molar-refractivity contribution is 6.06. The van der Waals surface area contributed by atoms with Crippen LogP contribution < -0.4 is 5.32 Å². The number of nitrogens with one attached hydrogen (secondary N) is 1. The van der Waals surface area contributed by atoms with Crippen molar-refractivity contribution in [3.05, 3.63) is 77.0 Å². The number of hydrogen-bond donors (Lipinski definition) is 1. The summed E-state index contributed by atoms with van der Waals surface area (Å²) in [6.07, 6.45) is 0. The zero-order chi connectivity index (χ0) is 19.7. The number of carbonyl (C=O) groups is 2. The van der Waals surface area contributed by atoms with Crippen LogP contribution >= 0.6 is 0 Å². The molecule has 2 aromatic carbocycles. The zero-order valence-corrected chi connectivity index (χ0v) is 15.2. The molecule has 1 aliphatic rings. The average Bonchev–Trinajstić information content (AvgIpc) is 2.65. The van der Waals surface area contributed by atoms with E-state index in [1.54, 1.807) is 19.1 Å². The summed E-state index contributed by atoms with van der Waals surface area (Å²) in [5.74, 6) is -1.71. The van der Waals surface area contributed by atoms with E-state index in [1.807, 2.05) is 0 Å². The molecule has 0 spiro atoms. The van der Waals surface area contributed by atoms with Crippen molar-refractivity contribution in [3.63, 3.8) is 0 Å². The second kappa shape index (κ2) is 7.19. The summed E-state index contributed by atoms with van der Waals surface area (Å²) in [6.45, 7) is 1.61. The van der Waals surface area contributed by atoms with E-state index < -0.39 is 23.6 Å². The van der Waals surface area contributed by atoms with Gasteiger partial charge in [0.2, 0.25) is 0 Å². The van der Waals surface area contributed by atoms with Gasteiger partial charge in [-0.3, -0.25) is 4.79 Å². The molecule has 0 aliphatic carbocycles. The largest absolute Gasteiger partial charge is 0.324 e. The van der Waals surface area contributed by atoms with Crippen LogP contribution in [-0.2, 0) is 4.79 Å². The van der Waals surface area contributed by atoms with Crippen molar-refractivity contribution in [3.8, 4) is 0 Å². The standard InChI is InChI=1S/C20H19F2N3O2/c1-12-17(19(26)23-16-11-7-6-10-15(16)22)18(25(3)20(27)24(12)2)13-8-4-5-9-14(13)21/h4-11,18H,1-3H3,(H,23,26)/t18-/m0/s1. The predicted octanol–water partition coefficient (Wildman–Crippen LogP) is 3.92. The van der Waals surface area contributed by atoms with Gasteiger partial charge in [-0.05, 0) is 25.1 Å². The number of para-hydroxylation sites is 1. The highest BCUT2D eigenvalue weighted by Gasteiger charge is 2.39. The molecule has 27 heavy (non-hydrogen) atoms. The molecule has 1 atom stereocenters. The summed E-state index contributed by atoms with van der Waals surface area (Å²) in [7, 11) is 3.03. The highest BCUT2D eigenvalue weighted by atomic mass is 19.1. The Morgan fingerprint density at radius 2 is 1.59 bits per heavy atom. The maximum Gasteiger partial charge on any atom is 0.324 e. The fourth-order valence-electron chi connectivity index (χ4n) is 3.16. The molecule has 7 heteroatoms. The fourth-order valence-corrected chi connectivity index (χ4v) is 3.16. The van der Waals surface area contributed by atoms with E-state index in [2.05, 4.69) is 5.32 Å². The first kappa shape index (κ1) is 18.6. The minimum absolute atomic E-state index is 0.0114. The molecule has 1 aliphatic heterocycles. The van der Waals surface area contributed by atoms with Gasteiger partial charge < -0.3 is 15.1 Å². The Morgan fingerprint density at radius 3 is 2.22 bits per heavy atom. The van der Waals surface area contributed by atoms with Crippen LogP contribution in [0.2, 0.25) is 0 Å². The van der Waals surface area contributed by atoms with Crippen molar-refractivity contribution < 1.29 is 18.4 Å². The maximum atomic E-state index is 14.5. The first-order chi connectivity index (χ1) is 12.8. The van der Waals surface area contributed by atoms with E-state index in [-0.39, 0.29) is 22.9 Å². The number of nitrogens with zero attached hydrogens (tertiary/aromatic N) is 2. The van der Waals surface area contributed by atoms with Gasteiger partial charge in [0, 0.05) is 25.4 Å². The molecule has 0 unspecified atom stereocenters. The van der Waals surface area contributed by atoms with E-state index in [9.17, 15) is 18.4 Å². The smallest absolute Gasteiger partial charge is 0.320 e. The van der Waals surface area contributed by atoms with Gasteiger partial charge in [0.1, 0.15) is 11.6 Å². The number of halogens is 2. The quantitative estimate of drug-likeness (QED) is 0.889. The van der Waals surface area contributed by atoms with Crippen LogP contribution in [0.1, 0.15) is 18.5 Å². The highest BCUT2D eigenvalue weighted by Crippen LogP contribution is 2.37. The molecule has 140 valence electrons. The number of rotatable bonds is 3. The monoisotopic (exact) mass is 371 g/mol. The number of carbonyl (C=O) groups excluding carboxylic acids is 2. The molecule has 0 fully saturated rings. The second-order valence-electron chi connectivity index (χ2n) is 6.31. The Kier molecular flexibility index (Phi) is 4.94. The van der Waals surface area contributed by atoms with E-state index in [0.717, 1.165) is 0 Å². The van der Waals surface area contributed by atoms with Crippen LogP contribution in [0.5, 0.6) is 0 Å². The Balaban J connectivity index is 2.10. The molecule has 2 aromatic rings. The Hall–Kier alpha value is -3.22. The summed E-state index contributed by atoms with van der Waals surface area (Å²) in [6, 6.07) is 10.4. The van der Waals surface area contributed by atoms with Crippen LogP contribution in [0.25, 0.3) is 0 Å².